The summed E-state index contributed by atoms with van der Waals surface area (Å²) in [6.45, 7) is 7.89. The van der Waals surface area contributed by atoms with Crippen molar-refractivity contribution in [2.75, 3.05) is 55.9 Å². The number of nitrogens with one attached hydrogen (secondary N) is 3. The molecule has 0 saturated carbocycles. The van der Waals surface area contributed by atoms with Gasteiger partial charge in [-0.05, 0) is 78.9 Å². The number of aromatic nitrogens is 2. The standard InChI is InChI=1S/C43H50N6O10S/c1-43(2,30-9-14-34(15-10-30)59-28-32-19-21-45-42(46-32)48-60(3,54)55)29-7-12-33(13-8-29)58-26-6-25-57-24-5-23-56-22-4-20-44-31-11-16-35-36(27-31)41(53)49(40(35)52)37-17-18-38(50)47-39(37)51/h7-16,19,21,27,37,44H,4-6,17-18,20,22-26,28H2,1-3H3,(H,45,46,48)(H,47,50,51). The molecule has 60 heavy (non-hydrogen) atoms. The molecule has 3 N–H and O–H groups in total. The van der Waals surface area contributed by atoms with Crippen LogP contribution in [-0.2, 0) is 41.1 Å². The average Bonchev–Trinajstić information content (AvgIpc) is 3.46. The van der Waals surface area contributed by atoms with Gasteiger partial charge in [0, 0.05) is 63.1 Å². The topological polar surface area (TPSA) is 204 Å². The molecule has 17 heteroatoms. The monoisotopic (exact) mass is 842 g/mol. The van der Waals surface area contributed by atoms with Crippen molar-refractivity contribution < 1.29 is 46.5 Å². The van der Waals surface area contributed by atoms with Crippen LogP contribution in [0.15, 0.2) is 79.0 Å². The van der Waals surface area contributed by atoms with Crippen molar-refractivity contribution in [2.45, 2.75) is 64.0 Å². The highest BCUT2D eigenvalue weighted by atomic mass is 32.2. The van der Waals surface area contributed by atoms with Crippen LogP contribution in [0.1, 0.15) is 83.5 Å². The largest absolute Gasteiger partial charge is 0.494 e. The molecule has 1 aromatic heterocycles. The van der Waals surface area contributed by atoms with Gasteiger partial charge in [-0.25, -0.2) is 18.4 Å². The minimum atomic E-state index is -3.48. The van der Waals surface area contributed by atoms with Crippen LogP contribution < -0.4 is 24.8 Å². The summed E-state index contributed by atoms with van der Waals surface area (Å²) >= 11 is 0. The van der Waals surface area contributed by atoms with Crippen molar-refractivity contribution in [3.8, 4) is 11.5 Å². The Bertz CT molecular complexity index is 2270. The lowest BCUT2D eigenvalue weighted by molar-refractivity contribution is -0.136. The number of benzene rings is 3. The first kappa shape index (κ1) is 43.7. The molecule has 4 amide bonds. The maximum atomic E-state index is 13.0. The third-order valence-electron chi connectivity index (χ3n) is 10.0. The number of fused-ring (bicyclic) bond motifs is 1. The lowest BCUT2D eigenvalue weighted by Crippen LogP contribution is -2.54. The number of hydrogen-bond acceptors (Lipinski definition) is 13. The zero-order valence-corrected chi connectivity index (χ0v) is 34.7. The Morgan fingerprint density at radius 3 is 2.05 bits per heavy atom. The highest BCUT2D eigenvalue weighted by Gasteiger charge is 2.44. The number of piperidine rings is 1. The summed E-state index contributed by atoms with van der Waals surface area (Å²) in [4.78, 5) is 58.7. The number of rotatable bonds is 22. The van der Waals surface area contributed by atoms with E-state index < -0.39 is 39.7 Å². The average molecular weight is 843 g/mol. The van der Waals surface area contributed by atoms with Gasteiger partial charge in [0.25, 0.3) is 11.8 Å². The van der Waals surface area contributed by atoms with Crippen LogP contribution in [-0.4, -0.2) is 98.8 Å². The molecular formula is C43H50N6O10S. The fraction of sp³-hybridized carbons (Fsp3) is 0.395. The van der Waals surface area contributed by atoms with Crippen molar-refractivity contribution in [3.05, 3.63) is 107 Å². The number of ether oxygens (including phenoxy) is 4. The Balaban J connectivity index is 0.802. The molecule has 1 fully saturated rings. The van der Waals surface area contributed by atoms with Gasteiger partial charge in [-0.1, -0.05) is 38.1 Å². The molecule has 0 bridgehead atoms. The summed E-state index contributed by atoms with van der Waals surface area (Å²) in [7, 11) is -3.48. The quantitative estimate of drug-likeness (QED) is 0.0717. The summed E-state index contributed by atoms with van der Waals surface area (Å²) in [6, 6.07) is 21.6. The van der Waals surface area contributed by atoms with Gasteiger partial charge in [0.15, 0.2) is 0 Å². The van der Waals surface area contributed by atoms with Crippen molar-refractivity contribution in [1.82, 2.24) is 20.2 Å². The van der Waals surface area contributed by atoms with Gasteiger partial charge in [0.1, 0.15) is 24.1 Å². The first-order chi connectivity index (χ1) is 28.8. The molecule has 4 aromatic rings. The highest BCUT2D eigenvalue weighted by Crippen LogP contribution is 2.34. The molecule has 6 rings (SSSR count). The van der Waals surface area contributed by atoms with Crippen LogP contribution in [0.4, 0.5) is 11.6 Å². The molecule has 0 spiro atoms. The van der Waals surface area contributed by atoms with Crippen LogP contribution in [0, 0.1) is 0 Å². The summed E-state index contributed by atoms with van der Waals surface area (Å²) in [5, 5.41) is 5.45. The number of nitrogens with zero attached hydrogens (tertiary/aromatic N) is 3. The van der Waals surface area contributed by atoms with Gasteiger partial charge in [-0.3, -0.25) is 34.1 Å². The van der Waals surface area contributed by atoms with E-state index in [-0.39, 0.29) is 41.9 Å². The van der Waals surface area contributed by atoms with Gasteiger partial charge in [-0.15, -0.1) is 0 Å². The molecule has 16 nitrogen and oxygen atoms in total. The van der Waals surface area contributed by atoms with Gasteiger partial charge in [-0.2, -0.15) is 0 Å². The summed E-state index contributed by atoms with van der Waals surface area (Å²) in [5.74, 6) is -0.652. The summed E-state index contributed by atoms with van der Waals surface area (Å²) in [5.41, 5.74) is 3.68. The molecular weight excluding hydrogens is 793 g/mol. The van der Waals surface area contributed by atoms with E-state index in [2.05, 4.69) is 51.3 Å². The molecule has 2 aliphatic heterocycles. The van der Waals surface area contributed by atoms with Gasteiger partial charge in [0.2, 0.25) is 27.8 Å². The number of anilines is 2. The van der Waals surface area contributed by atoms with E-state index in [9.17, 15) is 27.6 Å². The second kappa shape index (κ2) is 19.9. The molecule has 0 radical (unpaired) electrons. The van der Waals surface area contributed by atoms with E-state index in [4.69, 9.17) is 18.9 Å². The lowest BCUT2D eigenvalue weighted by atomic mass is 9.78. The Morgan fingerprint density at radius 1 is 0.783 bits per heavy atom. The number of sulfonamides is 1. The highest BCUT2D eigenvalue weighted by molar-refractivity contribution is 7.92. The Labute approximate surface area is 349 Å². The van der Waals surface area contributed by atoms with Crippen molar-refractivity contribution >= 4 is 45.3 Å². The normalized spacial score (nSPS) is 15.4. The van der Waals surface area contributed by atoms with Crippen molar-refractivity contribution in [2.24, 2.45) is 0 Å². The Kier molecular flexibility index (Phi) is 14.5. The zero-order chi connectivity index (χ0) is 42.7. The predicted molar refractivity (Wildman–Crippen MR) is 222 cm³/mol. The SMILES string of the molecule is CC(C)(c1ccc(OCCCOCCCOCCCNc2ccc3c(c2)C(=O)N(C2CCC(=O)NC2=O)C3=O)cc1)c1ccc(OCc2ccnc(NS(C)(=O)=O)n2)cc1. The van der Waals surface area contributed by atoms with E-state index in [0.29, 0.717) is 56.7 Å². The first-order valence-electron chi connectivity index (χ1n) is 19.8. The van der Waals surface area contributed by atoms with Crippen molar-refractivity contribution in [3.63, 3.8) is 0 Å². The predicted octanol–water partition coefficient (Wildman–Crippen LogP) is 4.85. The molecule has 0 aliphatic carbocycles. The van der Waals surface area contributed by atoms with Gasteiger partial charge >= 0.3 is 0 Å². The second-order valence-corrected chi connectivity index (χ2v) is 16.7. The minimum absolute atomic E-state index is 0.00132. The Hall–Kier alpha value is -5.91. The maximum absolute atomic E-state index is 13.0. The smallest absolute Gasteiger partial charge is 0.262 e. The lowest BCUT2D eigenvalue weighted by Gasteiger charge is -2.27. The van der Waals surface area contributed by atoms with E-state index in [1.54, 1.807) is 24.3 Å². The first-order valence-corrected chi connectivity index (χ1v) is 21.7. The second-order valence-electron chi connectivity index (χ2n) is 15.0. The van der Waals surface area contributed by atoms with E-state index >= 15 is 0 Å². The van der Waals surface area contributed by atoms with E-state index in [1.165, 1.54) is 6.20 Å². The van der Waals surface area contributed by atoms with E-state index in [0.717, 1.165) is 47.3 Å². The molecule has 1 unspecified atom stereocenters. The number of carbonyl (C=O) groups is 4. The fourth-order valence-electron chi connectivity index (χ4n) is 6.76. The molecule has 1 saturated heterocycles. The van der Waals surface area contributed by atoms with Crippen molar-refractivity contribution in [1.29, 1.82) is 0 Å². The molecule has 1 atom stereocenters. The zero-order valence-electron chi connectivity index (χ0n) is 33.9. The third-order valence-corrected chi connectivity index (χ3v) is 10.6. The van der Waals surface area contributed by atoms with Crippen LogP contribution in [0.2, 0.25) is 0 Å². The van der Waals surface area contributed by atoms with E-state index in [1.807, 2.05) is 36.4 Å². The minimum Gasteiger partial charge on any atom is -0.494 e. The molecule has 2 aliphatic rings. The van der Waals surface area contributed by atoms with Crippen LogP contribution >= 0.6 is 0 Å². The van der Waals surface area contributed by atoms with Crippen LogP contribution in [0.5, 0.6) is 11.5 Å². The maximum Gasteiger partial charge on any atom is 0.262 e. The summed E-state index contributed by atoms with van der Waals surface area (Å²) in [6.07, 6.45) is 4.96. The third kappa shape index (κ3) is 11.6. The number of hydrogen-bond donors (Lipinski definition) is 3. The fourth-order valence-corrected chi connectivity index (χ4v) is 7.19. The van der Waals surface area contributed by atoms with Crippen LogP contribution in [0.3, 0.4) is 0 Å². The summed E-state index contributed by atoms with van der Waals surface area (Å²) < 4.78 is 48.5. The molecule has 318 valence electrons. The van der Waals surface area contributed by atoms with Gasteiger partial charge in [0.05, 0.1) is 29.7 Å². The van der Waals surface area contributed by atoms with Gasteiger partial charge < -0.3 is 24.3 Å². The Morgan fingerprint density at radius 2 is 1.40 bits per heavy atom. The molecule has 3 aromatic carbocycles. The van der Waals surface area contributed by atoms with Crippen LogP contribution in [0.25, 0.3) is 0 Å². The number of imide groups is 2. The number of carbonyl (C=O) groups excluding carboxylic acids is 4. The number of amides is 4. The molecule has 3 heterocycles.